The molecule has 2 aromatic carbocycles. The topological polar surface area (TPSA) is 69.8 Å². The summed E-state index contributed by atoms with van der Waals surface area (Å²) < 4.78 is 11.0. The first-order valence-electron chi connectivity index (χ1n) is 12.3. The van der Waals surface area contributed by atoms with Crippen molar-refractivity contribution in [2.24, 2.45) is 0 Å². The van der Waals surface area contributed by atoms with E-state index >= 15 is 0 Å². The van der Waals surface area contributed by atoms with Gasteiger partial charge in [-0.15, -0.1) is 0 Å². The molecular formula is C27H34N4O3S. The summed E-state index contributed by atoms with van der Waals surface area (Å²) in [6.45, 7) is 10.9. The van der Waals surface area contributed by atoms with Gasteiger partial charge in [-0.05, 0) is 68.5 Å². The molecule has 0 amide bonds. The fraction of sp³-hybridized carbons (Fsp3) is 0.407. The van der Waals surface area contributed by atoms with Crippen molar-refractivity contribution in [2.45, 2.75) is 40.2 Å². The van der Waals surface area contributed by atoms with E-state index in [4.69, 9.17) is 21.7 Å². The lowest BCUT2D eigenvalue weighted by atomic mass is 10.1. The Labute approximate surface area is 212 Å². The Kier molecular flexibility index (Phi) is 8.25. The Hall–Kier alpha value is -3.10. The Bertz CT molecular complexity index is 1240. The number of para-hydroxylation sites is 1. The number of anilines is 1. The van der Waals surface area contributed by atoms with Gasteiger partial charge in [0, 0.05) is 29.2 Å². The highest BCUT2D eigenvalue weighted by atomic mass is 32.1. The number of fused-ring (bicyclic) bond motifs is 2. The zero-order valence-electron chi connectivity index (χ0n) is 20.7. The molecule has 3 aromatic rings. The van der Waals surface area contributed by atoms with Crippen LogP contribution in [0.25, 0.3) is 10.9 Å². The van der Waals surface area contributed by atoms with Crippen LogP contribution >= 0.6 is 12.2 Å². The van der Waals surface area contributed by atoms with Crippen molar-refractivity contribution in [3.8, 4) is 11.5 Å². The molecule has 0 fully saturated rings. The van der Waals surface area contributed by atoms with E-state index < -0.39 is 0 Å². The summed E-state index contributed by atoms with van der Waals surface area (Å²) in [5.41, 5.74) is 3.48. The molecular weight excluding hydrogens is 460 g/mol. The molecule has 2 heterocycles. The van der Waals surface area contributed by atoms with E-state index in [0.717, 1.165) is 55.6 Å². The van der Waals surface area contributed by atoms with Gasteiger partial charge in [-0.3, -0.25) is 4.79 Å². The highest BCUT2D eigenvalue weighted by molar-refractivity contribution is 7.80. The van der Waals surface area contributed by atoms with Crippen LogP contribution in [-0.4, -0.2) is 52.9 Å². The van der Waals surface area contributed by atoms with Gasteiger partial charge in [0.2, 0.25) is 6.79 Å². The highest BCUT2D eigenvalue weighted by Gasteiger charge is 2.18. The third-order valence-electron chi connectivity index (χ3n) is 6.50. The third-order valence-corrected chi connectivity index (χ3v) is 6.86. The molecule has 0 radical (unpaired) electrons. The first-order chi connectivity index (χ1) is 17.0. The summed E-state index contributed by atoms with van der Waals surface area (Å²) in [4.78, 5) is 20.5. The van der Waals surface area contributed by atoms with E-state index in [1.165, 1.54) is 5.56 Å². The van der Waals surface area contributed by atoms with Crippen molar-refractivity contribution in [1.82, 2.24) is 14.8 Å². The predicted molar refractivity (Wildman–Crippen MR) is 146 cm³/mol. The summed E-state index contributed by atoms with van der Waals surface area (Å²) in [5, 5.41) is 4.96. The molecule has 0 aliphatic carbocycles. The van der Waals surface area contributed by atoms with Gasteiger partial charge in [0.15, 0.2) is 16.6 Å². The van der Waals surface area contributed by atoms with Crippen LogP contribution in [0.1, 0.15) is 38.3 Å². The molecule has 0 saturated heterocycles. The first-order valence-corrected chi connectivity index (χ1v) is 12.7. The van der Waals surface area contributed by atoms with Crippen molar-refractivity contribution < 1.29 is 9.47 Å². The quantitative estimate of drug-likeness (QED) is 0.394. The van der Waals surface area contributed by atoms with Gasteiger partial charge < -0.3 is 29.6 Å². The molecule has 0 unspecified atom stereocenters. The zero-order chi connectivity index (χ0) is 24.8. The number of H-pyrrole nitrogens is 1. The van der Waals surface area contributed by atoms with E-state index in [9.17, 15) is 4.79 Å². The summed E-state index contributed by atoms with van der Waals surface area (Å²) in [6, 6.07) is 13.9. The van der Waals surface area contributed by atoms with Crippen molar-refractivity contribution in [3.63, 3.8) is 0 Å². The van der Waals surface area contributed by atoms with Gasteiger partial charge in [-0.1, -0.05) is 39.0 Å². The van der Waals surface area contributed by atoms with Gasteiger partial charge >= 0.3 is 0 Å². The summed E-state index contributed by atoms with van der Waals surface area (Å²) >= 11 is 5.86. The SMILES string of the molecule is CCc1ccccc1NC(=S)N(CCCN(CC)CC)Cc1cc2cc3c(cc2[nH]c1=O)OCO3. The fourth-order valence-electron chi connectivity index (χ4n) is 4.39. The standard InChI is InChI=1S/C27H34N4O3S/c1-4-19-10-7-8-11-22(19)29-27(35)31(13-9-12-30(5-2)6-3)17-21-14-20-15-24-25(34-18-33-24)16-23(20)28-26(21)32/h7-8,10-11,14-16H,4-6,9,12-13,17-18H2,1-3H3,(H,28,32)(H,29,35). The second-order valence-corrected chi connectivity index (χ2v) is 9.05. The maximum Gasteiger partial charge on any atom is 0.253 e. The lowest BCUT2D eigenvalue weighted by Gasteiger charge is -2.28. The van der Waals surface area contributed by atoms with E-state index in [2.05, 4.69) is 46.9 Å². The van der Waals surface area contributed by atoms with Gasteiger partial charge in [0.25, 0.3) is 5.56 Å². The fourth-order valence-corrected chi connectivity index (χ4v) is 4.65. The van der Waals surface area contributed by atoms with Crippen LogP contribution < -0.4 is 20.3 Å². The molecule has 7 nitrogen and oxygen atoms in total. The highest BCUT2D eigenvalue weighted by Crippen LogP contribution is 2.35. The number of rotatable bonds is 10. The number of hydrogen-bond donors (Lipinski definition) is 2. The molecule has 1 aliphatic rings. The van der Waals surface area contributed by atoms with E-state index in [-0.39, 0.29) is 12.4 Å². The molecule has 4 rings (SSSR count). The van der Waals surface area contributed by atoms with Crippen LogP contribution in [0.4, 0.5) is 5.69 Å². The van der Waals surface area contributed by atoms with Crippen molar-refractivity contribution in [2.75, 3.05) is 38.3 Å². The van der Waals surface area contributed by atoms with Gasteiger partial charge in [0.1, 0.15) is 0 Å². The molecule has 2 N–H and O–H groups in total. The van der Waals surface area contributed by atoms with Crippen molar-refractivity contribution >= 4 is 33.9 Å². The predicted octanol–water partition coefficient (Wildman–Crippen LogP) is 4.75. The normalized spacial score (nSPS) is 12.3. The minimum Gasteiger partial charge on any atom is -0.454 e. The molecule has 1 aromatic heterocycles. The molecule has 186 valence electrons. The second-order valence-electron chi connectivity index (χ2n) is 8.66. The Morgan fingerprint density at radius 1 is 1.03 bits per heavy atom. The van der Waals surface area contributed by atoms with Gasteiger partial charge in [-0.2, -0.15) is 0 Å². The molecule has 0 saturated carbocycles. The number of benzene rings is 2. The monoisotopic (exact) mass is 494 g/mol. The van der Waals surface area contributed by atoms with Crippen LogP contribution in [0.5, 0.6) is 11.5 Å². The number of nitrogens with one attached hydrogen (secondary N) is 2. The molecule has 0 bridgehead atoms. The van der Waals surface area contributed by atoms with Crippen LogP contribution in [0, 0.1) is 0 Å². The number of hydrogen-bond acceptors (Lipinski definition) is 5. The minimum atomic E-state index is -0.123. The van der Waals surface area contributed by atoms with Crippen LogP contribution in [0.3, 0.4) is 0 Å². The lowest BCUT2D eigenvalue weighted by molar-refractivity contribution is 0.174. The second kappa shape index (κ2) is 11.6. The number of aryl methyl sites for hydroxylation is 1. The Balaban J connectivity index is 1.58. The Morgan fingerprint density at radius 2 is 1.77 bits per heavy atom. The van der Waals surface area contributed by atoms with Crippen LogP contribution in [-0.2, 0) is 13.0 Å². The minimum absolute atomic E-state index is 0.123. The molecule has 0 spiro atoms. The third kappa shape index (κ3) is 5.94. The number of ether oxygens (including phenoxy) is 2. The first kappa shape index (κ1) is 25.0. The average molecular weight is 495 g/mol. The van der Waals surface area contributed by atoms with Crippen LogP contribution in [0.2, 0.25) is 0 Å². The summed E-state index contributed by atoms with van der Waals surface area (Å²) in [7, 11) is 0. The molecule has 35 heavy (non-hydrogen) atoms. The van der Waals surface area contributed by atoms with Gasteiger partial charge in [0.05, 0.1) is 12.1 Å². The number of pyridine rings is 1. The molecule has 8 heteroatoms. The lowest BCUT2D eigenvalue weighted by Crippen LogP contribution is -2.38. The van der Waals surface area contributed by atoms with Crippen molar-refractivity contribution in [1.29, 1.82) is 0 Å². The van der Waals surface area contributed by atoms with E-state index in [1.54, 1.807) is 0 Å². The summed E-state index contributed by atoms with van der Waals surface area (Å²) in [5.74, 6) is 1.35. The maximum absolute atomic E-state index is 13.0. The van der Waals surface area contributed by atoms with E-state index in [0.29, 0.717) is 28.7 Å². The zero-order valence-corrected chi connectivity index (χ0v) is 21.5. The van der Waals surface area contributed by atoms with Gasteiger partial charge in [-0.25, -0.2) is 0 Å². The van der Waals surface area contributed by atoms with Crippen molar-refractivity contribution in [3.05, 3.63) is 63.9 Å². The number of aromatic amines is 1. The Morgan fingerprint density at radius 3 is 2.51 bits per heavy atom. The van der Waals surface area contributed by atoms with E-state index in [1.807, 2.05) is 36.4 Å². The summed E-state index contributed by atoms with van der Waals surface area (Å²) in [6.07, 6.45) is 1.86. The number of thiocarbonyl (C=S) groups is 1. The largest absolute Gasteiger partial charge is 0.454 e. The maximum atomic E-state index is 13.0. The average Bonchev–Trinajstić information content (AvgIpc) is 3.32. The number of aromatic nitrogens is 1. The molecule has 0 atom stereocenters. The van der Waals surface area contributed by atoms with Crippen LogP contribution in [0.15, 0.2) is 47.3 Å². The number of nitrogens with zero attached hydrogens (tertiary/aromatic N) is 2. The smallest absolute Gasteiger partial charge is 0.253 e. The molecule has 1 aliphatic heterocycles.